The monoisotopic (exact) mass is 360 g/mol. The molecule has 1 heterocycles. The first-order chi connectivity index (χ1) is 12.1. The molecule has 0 aliphatic rings. The van der Waals surface area contributed by atoms with E-state index in [0.29, 0.717) is 18.4 Å². The van der Waals surface area contributed by atoms with Crippen molar-refractivity contribution in [2.75, 3.05) is 0 Å². The van der Waals surface area contributed by atoms with Gasteiger partial charge in [-0.2, -0.15) is 5.10 Å². The van der Waals surface area contributed by atoms with Gasteiger partial charge in [0.15, 0.2) is 5.69 Å². The summed E-state index contributed by atoms with van der Waals surface area (Å²) in [5.41, 5.74) is 5.80. The molecule has 0 aliphatic heterocycles. The van der Waals surface area contributed by atoms with Crippen molar-refractivity contribution in [3.63, 3.8) is 0 Å². The average Bonchev–Trinajstić information content (AvgIpc) is 2.90. The first-order valence-electron chi connectivity index (χ1n) is 8.39. The molecule has 4 N–H and O–H groups in total. The third-order valence-corrected chi connectivity index (χ3v) is 4.06. The molecular weight excluding hydrogens is 336 g/mol. The summed E-state index contributed by atoms with van der Waals surface area (Å²) in [4.78, 5) is 35.1. The molecule has 1 aromatic heterocycles. The molecule has 0 saturated heterocycles. The van der Waals surface area contributed by atoms with Crippen LogP contribution in [0.5, 0.6) is 0 Å². The summed E-state index contributed by atoms with van der Waals surface area (Å²) in [7, 11) is 0. The van der Waals surface area contributed by atoms with Gasteiger partial charge < -0.3 is 16.2 Å². The smallest absolute Gasteiger partial charge is 0.303 e. The molecule has 2 aromatic rings. The number of primary amides is 1. The van der Waals surface area contributed by atoms with E-state index in [1.165, 1.54) is 0 Å². The second-order valence-corrected chi connectivity index (χ2v) is 7.26. The number of aliphatic carboxylic acids is 1. The Morgan fingerprint density at radius 3 is 2.50 bits per heavy atom. The van der Waals surface area contributed by atoms with E-state index >= 15 is 0 Å². The third-order valence-electron chi connectivity index (χ3n) is 4.06. The Morgan fingerprint density at radius 1 is 1.27 bits per heavy atom. The van der Waals surface area contributed by atoms with Crippen LogP contribution in [0.25, 0.3) is 10.9 Å². The minimum atomic E-state index is -0.881. The number of benzene rings is 1. The highest BCUT2D eigenvalue weighted by molar-refractivity contribution is 6.06. The summed E-state index contributed by atoms with van der Waals surface area (Å²) in [6.45, 7) is 5.81. The molecule has 1 aromatic carbocycles. The number of amides is 2. The fourth-order valence-electron chi connectivity index (χ4n) is 2.76. The molecule has 26 heavy (non-hydrogen) atoms. The van der Waals surface area contributed by atoms with Crippen molar-refractivity contribution in [3.05, 3.63) is 30.0 Å². The molecule has 1 atom stereocenters. The van der Waals surface area contributed by atoms with Gasteiger partial charge in [0.25, 0.3) is 5.91 Å². The van der Waals surface area contributed by atoms with Gasteiger partial charge in [-0.3, -0.25) is 19.1 Å². The molecule has 140 valence electrons. The standard InChI is InChI=1S/C18H24N4O4/c1-18(2,3)15(16(19)25)20-17(26)14-11-7-4-5-8-12(11)22(21-14)10-6-9-13(23)24/h4-5,7-8,15H,6,9-10H2,1-3H3,(H2,19,25)(H,20,26)(H,23,24). The number of hydrogen-bond acceptors (Lipinski definition) is 4. The van der Waals surface area contributed by atoms with Crippen LogP contribution in [-0.4, -0.2) is 38.7 Å². The van der Waals surface area contributed by atoms with Crippen LogP contribution in [0.2, 0.25) is 0 Å². The number of nitrogens with one attached hydrogen (secondary N) is 1. The van der Waals surface area contributed by atoms with Crippen LogP contribution in [-0.2, 0) is 16.1 Å². The Bertz CT molecular complexity index is 835. The summed E-state index contributed by atoms with van der Waals surface area (Å²) in [5.74, 6) is -1.98. The highest BCUT2D eigenvalue weighted by atomic mass is 16.4. The Labute approximate surface area is 151 Å². The van der Waals surface area contributed by atoms with E-state index in [0.717, 1.165) is 5.52 Å². The Morgan fingerprint density at radius 2 is 1.92 bits per heavy atom. The fraction of sp³-hybridized carbons (Fsp3) is 0.444. The second-order valence-electron chi connectivity index (χ2n) is 7.26. The Balaban J connectivity index is 2.32. The number of aromatic nitrogens is 2. The molecule has 1 unspecified atom stereocenters. The van der Waals surface area contributed by atoms with Crippen molar-refractivity contribution in [2.24, 2.45) is 11.1 Å². The highest BCUT2D eigenvalue weighted by Gasteiger charge is 2.32. The molecule has 0 aliphatic carbocycles. The maximum Gasteiger partial charge on any atom is 0.303 e. The van der Waals surface area contributed by atoms with Gasteiger partial charge in [0.1, 0.15) is 6.04 Å². The van der Waals surface area contributed by atoms with Crippen LogP contribution in [0.3, 0.4) is 0 Å². The van der Waals surface area contributed by atoms with Crippen molar-refractivity contribution >= 4 is 28.7 Å². The Kier molecular flexibility index (Phi) is 5.64. The SMILES string of the molecule is CC(C)(C)C(NC(=O)c1nn(CCCC(=O)O)c2ccccc12)C(N)=O. The maximum absolute atomic E-state index is 12.7. The summed E-state index contributed by atoms with van der Waals surface area (Å²) in [6, 6.07) is 6.35. The quantitative estimate of drug-likeness (QED) is 0.690. The first kappa shape index (κ1) is 19.4. The largest absolute Gasteiger partial charge is 0.481 e. The highest BCUT2D eigenvalue weighted by Crippen LogP contribution is 2.22. The van der Waals surface area contributed by atoms with E-state index in [-0.39, 0.29) is 12.1 Å². The van der Waals surface area contributed by atoms with Crippen molar-refractivity contribution in [3.8, 4) is 0 Å². The van der Waals surface area contributed by atoms with Gasteiger partial charge in [0, 0.05) is 18.4 Å². The van der Waals surface area contributed by atoms with Crippen molar-refractivity contribution in [1.82, 2.24) is 15.1 Å². The minimum Gasteiger partial charge on any atom is -0.481 e. The molecule has 8 heteroatoms. The lowest BCUT2D eigenvalue weighted by Gasteiger charge is -2.28. The average molecular weight is 360 g/mol. The van der Waals surface area contributed by atoms with E-state index in [4.69, 9.17) is 10.8 Å². The summed E-state index contributed by atoms with van der Waals surface area (Å²) >= 11 is 0. The van der Waals surface area contributed by atoms with Crippen LogP contribution < -0.4 is 11.1 Å². The number of rotatable bonds is 7. The molecular formula is C18H24N4O4. The minimum absolute atomic E-state index is 0.0174. The summed E-state index contributed by atoms with van der Waals surface area (Å²) in [6.07, 6.45) is 0.414. The number of para-hydroxylation sites is 1. The van der Waals surface area contributed by atoms with E-state index in [9.17, 15) is 14.4 Å². The lowest BCUT2D eigenvalue weighted by Crippen LogP contribution is -2.52. The summed E-state index contributed by atoms with van der Waals surface area (Å²) < 4.78 is 1.61. The van der Waals surface area contributed by atoms with Crippen molar-refractivity contribution < 1.29 is 19.5 Å². The number of carbonyl (C=O) groups excluding carboxylic acids is 2. The zero-order valence-corrected chi connectivity index (χ0v) is 15.2. The summed E-state index contributed by atoms with van der Waals surface area (Å²) in [5, 5.41) is 16.4. The maximum atomic E-state index is 12.7. The molecule has 8 nitrogen and oxygen atoms in total. The number of nitrogens with zero attached hydrogens (tertiary/aromatic N) is 2. The van der Waals surface area contributed by atoms with E-state index in [2.05, 4.69) is 10.4 Å². The number of aryl methyl sites for hydroxylation is 1. The van der Waals surface area contributed by atoms with E-state index in [1.54, 1.807) is 16.8 Å². The third kappa shape index (κ3) is 4.38. The predicted octanol–water partition coefficient (Wildman–Crippen LogP) is 1.53. The van der Waals surface area contributed by atoms with Crippen LogP contribution in [0.15, 0.2) is 24.3 Å². The fourth-order valence-corrected chi connectivity index (χ4v) is 2.76. The number of carbonyl (C=O) groups is 3. The second kappa shape index (κ2) is 7.55. The van der Waals surface area contributed by atoms with Crippen LogP contribution in [0, 0.1) is 5.41 Å². The van der Waals surface area contributed by atoms with Gasteiger partial charge in [-0.25, -0.2) is 0 Å². The van der Waals surface area contributed by atoms with Crippen LogP contribution in [0.1, 0.15) is 44.1 Å². The van der Waals surface area contributed by atoms with Crippen LogP contribution >= 0.6 is 0 Å². The lowest BCUT2D eigenvalue weighted by molar-refractivity contribution is -0.137. The van der Waals surface area contributed by atoms with Crippen LogP contribution in [0.4, 0.5) is 0 Å². The predicted molar refractivity (Wildman–Crippen MR) is 96.5 cm³/mol. The van der Waals surface area contributed by atoms with Gasteiger partial charge in [-0.15, -0.1) is 0 Å². The zero-order chi connectivity index (χ0) is 19.5. The molecule has 0 bridgehead atoms. The number of hydrogen-bond donors (Lipinski definition) is 3. The molecule has 0 radical (unpaired) electrons. The van der Waals surface area contributed by atoms with Gasteiger partial charge in [-0.05, 0) is 17.9 Å². The number of carboxylic acids is 1. The molecule has 0 spiro atoms. The Hall–Kier alpha value is -2.90. The van der Waals surface area contributed by atoms with Gasteiger partial charge in [0.05, 0.1) is 5.52 Å². The van der Waals surface area contributed by atoms with Crippen molar-refractivity contribution in [1.29, 1.82) is 0 Å². The topological polar surface area (TPSA) is 127 Å². The van der Waals surface area contributed by atoms with Gasteiger partial charge in [0.2, 0.25) is 5.91 Å². The van der Waals surface area contributed by atoms with Crippen molar-refractivity contribution in [2.45, 2.75) is 46.2 Å². The molecule has 2 amide bonds. The number of fused-ring (bicyclic) bond motifs is 1. The lowest BCUT2D eigenvalue weighted by atomic mass is 9.86. The van der Waals surface area contributed by atoms with E-state index in [1.807, 2.05) is 32.9 Å². The molecule has 0 fully saturated rings. The number of carboxylic acid groups (broad SMARTS) is 1. The van der Waals surface area contributed by atoms with Gasteiger partial charge in [-0.1, -0.05) is 39.0 Å². The molecule has 2 rings (SSSR count). The molecule has 0 saturated carbocycles. The first-order valence-corrected chi connectivity index (χ1v) is 8.39. The number of nitrogens with two attached hydrogens (primary N) is 1. The zero-order valence-electron chi connectivity index (χ0n) is 15.2. The van der Waals surface area contributed by atoms with E-state index < -0.39 is 29.2 Å². The van der Waals surface area contributed by atoms with Gasteiger partial charge >= 0.3 is 5.97 Å². The normalized spacial score (nSPS) is 12.7.